The van der Waals surface area contributed by atoms with Crippen molar-refractivity contribution in [3.8, 4) is 5.69 Å². The zero-order valence-electron chi connectivity index (χ0n) is 17.9. The van der Waals surface area contributed by atoms with Crippen LogP contribution in [0.3, 0.4) is 0 Å². The highest BCUT2D eigenvalue weighted by Gasteiger charge is 2.23. The predicted octanol–water partition coefficient (Wildman–Crippen LogP) is 2.89. The molecular weight excluding hydrogens is 390 g/mol. The molecule has 0 atom stereocenters. The second-order valence-corrected chi connectivity index (χ2v) is 7.90. The van der Waals surface area contributed by atoms with Crippen LogP contribution in [-0.4, -0.2) is 64.1 Å². The number of carbonyl (C=O) groups excluding carboxylic acids is 2. The first-order valence-electron chi connectivity index (χ1n) is 10.5. The summed E-state index contributed by atoms with van der Waals surface area (Å²) >= 11 is 0. The highest BCUT2D eigenvalue weighted by molar-refractivity contribution is 5.94. The zero-order valence-corrected chi connectivity index (χ0v) is 17.9. The average molecular weight is 418 g/mol. The monoisotopic (exact) mass is 417 g/mol. The molecule has 4 rings (SSSR count). The summed E-state index contributed by atoms with van der Waals surface area (Å²) in [6, 6.07) is 19.2. The number of hydrogen-bond donors (Lipinski definition) is 1. The van der Waals surface area contributed by atoms with E-state index in [1.165, 1.54) is 5.56 Å². The number of anilines is 1. The largest absolute Gasteiger partial charge is 0.336 e. The minimum atomic E-state index is -0.0869. The van der Waals surface area contributed by atoms with E-state index >= 15 is 0 Å². The van der Waals surface area contributed by atoms with Gasteiger partial charge in [-0.05, 0) is 38.1 Å². The molecule has 1 aromatic heterocycles. The van der Waals surface area contributed by atoms with Crippen molar-refractivity contribution in [1.29, 1.82) is 0 Å². The van der Waals surface area contributed by atoms with E-state index < -0.39 is 0 Å². The third-order valence-corrected chi connectivity index (χ3v) is 5.43. The van der Waals surface area contributed by atoms with E-state index in [9.17, 15) is 9.59 Å². The smallest absolute Gasteiger partial charge is 0.253 e. The van der Waals surface area contributed by atoms with E-state index in [1.54, 1.807) is 4.68 Å². The molecule has 1 N–H and O–H groups in total. The summed E-state index contributed by atoms with van der Waals surface area (Å²) in [7, 11) is 0. The first kappa shape index (κ1) is 20.8. The highest BCUT2D eigenvalue weighted by atomic mass is 16.2. The van der Waals surface area contributed by atoms with Crippen molar-refractivity contribution >= 4 is 17.6 Å². The first-order valence-corrected chi connectivity index (χ1v) is 10.5. The molecule has 7 heteroatoms. The number of nitrogens with one attached hydrogen (secondary N) is 1. The fourth-order valence-corrected chi connectivity index (χ4v) is 3.73. The molecule has 0 bridgehead atoms. The Morgan fingerprint density at radius 2 is 1.61 bits per heavy atom. The Balaban J connectivity index is 1.33. The van der Waals surface area contributed by atoms with Gasteiger partial charge in [0.25, 0.3) is 5.91 Å². The Kier molecular flexibility index (Phi) is 6.13. The van der Waals surface area contributed by atoms with Crippen molar-refractivity contribution in [3.63, 3.8) is 0 Å². The molecule has 1 aliphatic heterocycles. The minimum Gasteiger partial charge on any atom is -0.336 e. The van der Waals surface area contributed by atoms with Crippen LogP contribution in [-0.2, 0) is 4.79 Å². The second-order valence-electron chi connectivity index (χ2n) is 7.90. The van der Waals surface area contributed by atoms with Crippen LogP contribution in [0.15, 0.2) is 60.7 Å². The number of aromatic nitrogens is 2. The van der Waals surface area contributed by atoms with Gasteiger partial charge in [0.2, 0.25) is 5.91 Å². The van der Waals surface area contributed by atoms with Crippen LogP contribution in [0.4, 0.5) is 5.82 Å². The van der Waals surface area contributed by atoms with Crippen molar-refractivity contribution in [3.05, 3.63) is 77.5 Å². The molecule has 7 nitrogen and oxygen atoms in total. The number of nitrogens with zero attached hydrogens (tertiary/aromatic N) is 4. The van der Waals surface area contributed by atoms with Crippen LogP contribution in [0.5, 0.6) is 0 Å². The number of carbonyl (C=O) groups is 2. The van der Waals surface area contributed by atoms with E-state index in [2.05, 4.69) is 15.3 Å². The van der Waals surface area contributed by atoms with Gasteiger partial charge in [0.05, 0.1) is 17.9 Å². The van der Waals surface area contributed by atoms with E-state index in [-0.39, 0.29) is 18.4 Å². The average Bonchev–Trinajstić information content (AvgIpc) is 3.14. The number of piperazine rings is 1. The van der Waals surface area contributed by atoms with Gasteiger partial charge in [-0.3, -0.25) is 14.5 Å². The summed E-state index contributed by atoms with van der Waals surface area (Å²) in [5.74, 6) is 0.613. The van der Waals surface area contributed by atoms with Crippen molar-refractivity contribution in [1.82, 2.24) is 19.6 Å². The van der Waals surface area contributed by atoms with Crippen LogP contribution >= 0.6 is 0 Å². The molecule has 1 saturated heterocycles. The molecule has 0 unspecified atom stereocenters. The molecule has 0 radical (unpaired) electrons. The van der Waals surface area contributed by atoms with E-state index in [1.807, 2.05) is 79.4 Å². The molecule has 2 heterocycles. The molecule has 3 aromatic rings. The van der Waals surface area contributed by atoms with E-state index in [4.69, 9.17) is 0 Å². The van der Waals surface area contributed by atoms with E-state index in [0.717, 1.165) is 11.4 Å². The highest BCUT2D eigenvalue weighted by Crippen LogP contribution is 2.18. The number of amides is 2. The Morgan fingerprint density at radius 3 is 2.29 bits per heavy atom. The number of benzene rings is 2. The fraction of sp³-hybridized carbons (Fsp3) is 0.292. The molecule has 0 saturated carbocycles. The van der Waals surface area contributed by atoms with E-state index in [0.29, 0.717) is 37.6 Å². The normalized spacial score (nSPS) is 14.5. The topological polar surface area (TPSA) is 70.5 Å². The Labute approximate surface area is 182 Å². The lowest BCUT2D eigenvalue weighted by Gasteiger charge is -2.34. The maximum absolute atomic E-state index is 12.7. The van der Waals surface area contributed by atoms with Gasteiger partial charge in [-0.2, -0.15) is 5.10 Å². The van der Waals surface area contributed by atoms with Crippen molar-refractivity contribution in [2.45, 2.75) is 13.8 Å². The van der Waals surface area contributed by atoms with Crippen molar-refractivity contribution in [2.75, 3.05) is 38.0 Å². The Bertz CT molecular complexity index is 1050. The summed E-state index contributed by atoms with van der Waals surface area (Å²) in [5.41, 5.74) is 3.61. The van der Waals surface area contributed by atoms with Crippen LogP contribution in [0.1, 0.15) is 21.6 Å². The molecule has 1 aliphatic rings. The third-order valence-electron chi connectivity index (χ3n) is 5.43. The zero-order chi connectivity index (χ0) is 21.8. The van der Waals surface area contributed by atoms with Gasteiger partial charge in [0, 0.05) is 37.8 Å². The summed E-state index contributed by atoms with van der Waals surface area (Å²) in [6.07, 6.45) is 0. The number of aryl methyl sites for hydroxylation is 2. The molecule has 1 fully saturated rings. The predicted molar refractivity (Wildman–Crippen MR) is 120 cm³/mol. The molecular formula is C24H27N5O2. The SMILES string of the molecule is Cc1ccc(-n2nc(C)cc2NC(=O)CN2CCN(C(=O)c3ccccc3)CC2)cc1. The standard InChI is InChI=1S/C24H27N5O2/c1-18-8-10-21(11-9-18)29-22(16-19(2)26-29)25-23(30)17-27-12-14-28(15-13-27)24(31)20-6-4-3-5-7-20/h3-11,16H,12-15,17H2,1-2H3,(H,25,30). The number of hydrogen-bond acceptors (Lipinski definition) is 4. The van der Waals surface area contributed by atoms with Crippen LogP contribution in [0, 0.1) is 13.8 Å². The van der Waals surface area contributed by atoms with Gasteiger partial charge in [0.1, 0.15) is 5.82 Å². The molecule has 0 aliphatic carbocycles. The quantitative estimate of drug-likeness (QED) is 0.693. The van der Waals surface area contributed by atoms with Gasteiger partial charge in [-0.1, -0.05) is 35.9 Å². The molecule has 160 valence electrons. The molecule has 2 amide bonds. The lowest BCUT2D eigenvalue weighted by Crippen LogP contribution is -2.50. The lowest BCUT2D eigenvalue weighted by atomic mass is 10.2. The summed E-state index contributed by atoms with van der Waals surface area (Å²) < 4.78 is 1.75. The Hall–Kier alpha value is -3.45. The van der Waals surface area contributed by atoms with Gasteiger partial charge in [0.15, 0.2) is 0 Å². The maximum atomic E-state index is 12.7. The first-order chi connectivity index (χ1) is 15.0. The van der Waals surface area contributed by atoms with Gasteiger partial charge in [-0.25, -0.2) is 4.68 Å². The number of rotatable bonds is 5. The second kappa shape index (κ2) is 9.14. The van der Waals surface area contributed by atoms with Crippen molar-refractivity contribution in [2.24, 2.45) is 0 Å². The fourth-order valence-electron chi connectivity index (χ4n) is 3.73. The Morgan fingerprint density at radius 1 is 0.935 bits per heavy atom. The minimum absolute atomic E-state index is 0.0437. The van der Waals surface area contributed by atoms with Gasteiger partial charge >= 0.3 is 0 Å². The lowest BCUT2D eigenvalue weighted by molar-refractivity contribution is -0.117. The molecule has 0 spiro atoms. The van der Waals surface area contributed by atoms with Gasteiger partial charge in [-0.15, -0.1) is 0 Å². The molecule has 31 heavy (non-hydrogen) atoms. The van der Waals surface area contributed by atoms with Crippen LogP contribution in [0.2, 0.25) is 0 Å². The van der Waals surface area contributed by atoms with Crippen LogP contribution < -0.4 is 5.32 Å². The summed E-state index contributed by atoms with van der Waals surface area (Å²) in [6.45, 7) is 6.79. The summed E-state index contributed by atoms with van der Waals surface area (Å²) in [5, 5.41) is 7.50. The van der Waals surface area contributed by atoms with Crippen LogP contribution in [0.25, 0.3) is 5.69 Å². The third kappa shape index (κ3) is 5.00. The van der Waals surface area contributed by atoms with Crippen molar-refractivity contribution < 1.29 is 9.59 Å². The summed E-state index contributed by atoms with van der Waals surface area (Å²) in [4.78, 5) is 29.2. The molecule has 2 aromatic carbocycles. The van der Waals surface area contributed by atoms with Gasteiger partial charge < -0.3 is 10.2 Å². The maximum Gasteiger partial charge on any atom is 0.253 e.